The van der Waals surface area contributed by atoms with Crippen LogP contribution in [0.2, 0.25) is 0 Å². The number of nitrogens with one attached hydrogen (secondary N) is 1. The van der Waals surface area contributed by atoms with Crippen LogP contribution in [0.4, 0.5) is 22.8 Å². The first kappa shape index (κ1) is 25.3. The first-order valence-corrected chi connectivity index (χ1v) is 9.02. The summed E-state index contributed by atoms with van der Waals surface area (Å²) in [5, 5.41) is 9.76. The van der Waals surface area contributed by atoms with E-state index in [0.29, 0.717) is 12.1 Å². The van der Waals surface area contributed by atoms with Gasteiger partial charge in [0.15, 0.2) is 17.5 Å². The maximum atomic E-state index is 13.7. The molecule has 0 fully saturated rings. The summed E-state index contributed by atoms with van der Waals surface area (Å²) in [4.78, 5) is 36.1. The van der Waals surface area contributed by atoms with Gasteiger partial charge in [-0.15, -0.1) is 11.6 Å². The first-order chi connectivity index (χ1) is 13.7. The number of alkyl carbamates (subject to hydrolysis) is 1. The maximum Gasteiger partial charge on any atom is 0.409 e. The van der Waals surface area contributed by atoms with Crippen LogP contribution in [0.25, 0.3) is 0 Å². The van der Waals surface area contributed by atoms with Crippen LogP contribution in [-0.2, 0) is 14.3 Å². The third-order valence-corrected chi connectivity index (χ3v) is 3.91. The van der Waals surface area contributed by atoms with Crippen LogP contribution in [0, 0.1) is 17.5 Å². The van der Waals surface area contributed by atoms with Crippen LogP contribution in [-0.4, -0.2) is 59.3 Å². The second-order valence-electron chi connectivity index (χ2n) is 7.18. The highest BCUT2D eigenvalue weighted by Gasteiger charge is 2.29. The number of carbonyl (C=O) groups excluding carboxylic acids is 2. The van der Waals surface area contributed by atoms with Gasteiger partial charge in [-0.1, -0.05) is 0 Å². The SMILES string of the molecule is COC(=O)N(CC(Cl)C(=O)O)CC(NC(=O)OC(C)(C)C)c1cc(F)c(F)c(F)c1. The number of rotatable bonds is 7. The van der Waals surface area contributed by atoms with Gasteiger partial charge in [0, 0.05) is 6.54 Å². The van der Waals surface area contributed by atoms with E-state index in [1.807, 2.05) is 0 Å². The van der Waals surface area contributed by atoms with Gasteiger partial charge >= 0.3 is 18.2 Å². The van der Waals surface area contributed by atoms with Gasteiger partial charge in [0.1, 0.15) is 11.0 Å². The minimum atomic E-state index is -1.72. The topological polar surface area (TPSA) is 105 Å². The zero-order valence-corrected chi connectivity index (χ0v) is 17.4. The van der Waals surface area contributed by atoms with Crippen LogP contribution < -0.4 is 5.32 Å². The van der Waals surface area contributed by atoms with E-state index >= 15 is 0 Å². The van der Waals surface area contributed by atoms with Crippen molar-refractivity contribution in [3.8, 4) is 0 Å². The summed E-state index contributed by atoms with van der Waals surface area (Å²) >= 11 is 5.67. The van der Waals surface area contributed by atoms with Crippen molar-refractivity contribution in [1.29, 1.82) is 0 Å². The lowest BCUT2D eigenvalue weighted by atomic mass is 10.1. The Morgan fingerprint density at radius 3 is 2.13 bits per heavy atom. The predicted octanol–water partition coefficient (Wildman–Crippen LogP) is 3.43. The number of hydrogen-bond donors (Lipinski definition) is 2. The fourth-order valence-electron chi connectivity index (χ4n) is 2.31. The Labute approximate surface area is 175 Å². The number of hydrogen-bond acceptors (Lipinski definition) is 5. The first-order valence-electron chi connectivity index (χ1n) is 8.59. The Morgan fingerprint density at radius 1 is 1.17 bits per heavy atom. The van der Waals surface area contributed by atoms with Crippen molar-refractivity contribution in [3.05, 3.63) is 35.1 Å². The number of carboxylic acid groups (broad SMARTS) is 1. The maximum absolute atomic E-state index is 13.7. The molecule has 0 saturated carbocycles. The number of ether oxygens (including phenoxy) is 2. The lowest BCUT2D eigenvalue weighted by Gasteiger charge is -2.29. The smallest absolute Gasteiger partial charge is 0.409 e. The van der Waals surface area contributed by atoms with Crippen molar-refractivity contribution < 1.29 is 42.1 Å². The van der Waals surface area contributed by atoms with E-state index in [1.165, 1.54) is 0 Å². The third kappa shape index (κ3) is 7.62. The molecule has 1 aromatic carbocycles. The zero-order chi connectivity index (χ0) is 23.2. The van der Waals surface area contributed by atoms with Crippen molar-refractivity contribution in [1.82, 2.24) is 10.2 Å². The average Bonchev–Trinajstić information content (AvgIpc) is 2.61. The summed E-state index contributed by atoms with van der Waals surface area (Å²) < 4.78 is 50.4. The number of aliphatic carboxylic acids is 1. The molecule has 0 saturated heterocycles. The molecular weight excluding hydrogens is 433 g/mol. The highest BCUT2D eigenvalue weighted by Crippen LogP contribution is 2.22. The molecule has 2 atom stereocenters. The van der Waals surface area contributed by atoms with Crippen molar-refractivity contribution >= 4 is 29.8 Å². The lowest BCUT2D eigenvalue weighted by Crippen LogP contribution is -2.45. The van der Waals surface area contributed by atoms with E-state index in [0.717, 1.165) is 12.0 Å². The molecule has 1 rings (SSSR count). The number of amides is 2. The number of methoxy groups -OCH3 is 1. The molecule has 0 aliphatic rings. The molecule has 0 aliphatic carbocycles. The molecule has 0 aliphatic heterocycles. The van der Waals surface area contributed by atoms with Crippen LogP contribution in [0.5, 0.6) is 0 Å². The van der Waals surface area contributed by atoms with Gasteiger partial charge in [0.05, 0.1) is 19.7 Å². The molecule has 0 aromatic heterocycles. The monoisotopic (exact) mass is 454 g/mol. The summed E-state index contributed by atoms with van der Waals surface area (Å²) in [5.41, 5.74) is -1.16. The zero-order valence-electron chi connectivity index (χ0n) is 16.7. The van der Waals surface area contributed by atoms with Gasteiger partial charge in [-0.2, -0.15) is 0 Å². The fourth-order valence-corrected chi connectivity index (χ4v) is 2.47. The van der Waals surface area contributed by atoms with E-state index in [4.69, 9.17) is 21.4 Å². The van der Waals surface area contributed by atoms with Crippen molar-refractivity contribution in [3.63, 3.8) is 0 Å². The van der Waals surface area contributed by atoms with E-state index in [1.54, 1.807) is 20.8 Å². The van der Waals surface area contributed by atoms with Gasteiger partial charge in [-0.05, 0) is 38.5 Å². The number of benzene rings is 1. The number of halogens is 4. The molecule has 1 aromatic rings. The Balaban J connectivity index is 3.27. The van der Waals surface area contributed by atoms with Crippen molar-refractivity contribution in [2.75, 3.05) is 20.2 Å². The lowest BCUT2D eigenvalue weighted by molar-refractivity contribution is -0.136. The van der Waals surface area contributed by atoms with Crippen LogP contribution in [0.3, 0.4) is 0 Å². The third-order valence-electron chi connectivity index (χ3n) is 3.58. The van der Waals surface area contributed by atoms with E-state index in [-0.39, 0.29) is 5.56 Å². The predicted molar refractivity (Wildman–Crippen MR) is 99.7 cm³/mol. The Hall–Kier alpha value is -2.69. The van der Waals surface area contributed by atoms with Crippen molar-refractivity contribution in [2.45, 2.75) is 37.8 Å². The quantitative estimate of drug-likeness (QED) is 0.483. The van der Waals surface area contributed by atoms with Gasteiger partial charge in [0.25, 0.3) is 0 Å². The molecule has 2 unspecified atom stereocenters. The van der Waals surface area contributed by atoms with E-state index in [2.05, 4.69) is 10.1 Å². The number of carboxylic acids is 1. The molecule has 0 heterocycles. The summed E-state index contributed by atoms with van der Waals surface area (Å²) in [6.07, 6.45) is -2.01. The highest BCUT2D eigenvalue weighted by atomic mass is 35.5. The molecule has 2 amide bonds. The van der Waals surface area contributed by atoms with Crippen molar-refractivity contribution in [2.24, 2.45) is 0 Å². The van der Waals surface area contributed by atoms with Gasteiger partial charge in [0.2, 0.25) is 0 Å². The summed E-state index contributed by atoms with van der Waals surface area (Å²) in [6.45, 7) is 3.66. The van der Waals surface area contributed by atoms with E-state index < -0.39 is 65.7 Å². The molecule has 2 N–H and O–H groups in total. The second-order valence-corrected chi connectivity index (χ2v) is 7.70. The normalized spacial score (nSPS) is 13.2. The van der Waals surface area contributed by atoms with E-state index in [9.17, 15) is 27.6 Å². The minimum absolute atomic E-state index is 0.243. The molecule has 30 heavy (non-hydrogen) atoms. The molecule has 168 valence electrons. The summed E-state index contributed by atoms with van der Waals surface area (Å²) in [5.74, 6) is -6.19. The number of carbonyl (C=O) groups is 3. The molecule has 0 bridgehead atoms. The molecule has 0 spiro atoms. The van der Waals surface area contributed by atoms with Crippen LogP contribution in [0.1, 0.15) is 32.4 Å². The van der Waals surface area contributed by atoms with Gasteiger partial charge in [-0.3, -0.25) is 4.79 Å². The van der Waals surface area contributed by atoms with Crippen LogP contribution in [0.15, 0.2) is 12.1 Å². The van der Waals surface area contributed by atoms with Crippen LogP contribution >= 0.6 is 11.6 Å². The number of alkyl halides is 1. The Bertz CT molecular complexity index is 780. The Morgan fingerprint density at radius 2 is 1.70 bits per heavy atom. The average molecular weight is 455 g/mol. The summed E-state index contributed by atoms with van der Waals surface area (Å²) in [6, 6.07) is -0.0578. The number of nitrogens with zero attached hydrogens (tertiary/aromatic N) is 1. The molecule has 8 nitrogen and oxygen atoms in total. The van der Waals surface area contributed by atoms with Gasteiger partial charge < -0.3 is 24.8 Å². The minimum Gasteiger partial charge on any atom is -0.480 e. The molecule has 12 heteroatoms. The Kier molecular flexibility index (Phi) is 8.76. The standard InChI is InChI=1S/C18H22ClF3N2O6/c1-18(2,3)30-16(27)23-13(9-5-11(20)14(22)12(21)6-9)8-24(17(28)29-4)7-10(19)15(25)26/h5-6,10,13H,7-8H2,1-4H3,(H,23,27)(H,25,26). The molecule has 0 radical (unpaired) electrons. The van der Waals surface area contributed by atoms with Gasteiger partial charge in [-0.25, -0.2) is 22.8 Å². The largest absolute Gasteiger partial charge is 0.480 e. The summed E-state index contributed by atoms with van der Waals surface area (Å²) in [7, 11) is 1.02. The highest BCUT2D eigenvalue weighted by molar-refractivity contribution is 6.29. The fraction of sp³-hybridized carbons (Fsp3) is 0.500. The second kappa shape index (κ2) is 10.4. The molecular formula is C18H22ClF3N2O6.